The maximum Gasteiger partial charge on any atom is 0.419 e. The van der Waals surface area contributed by atoms with E-state index in [1.54, 1.807) is 25.2 Å². The Hall–Kier alpha value is -2.57. The molecule has 0 unspecified atom stereocenters. The molecule has 2 N–H and O–H groups in total. The molecule has 100 valence electrons. The van der Waals surface area contributed by atoms with Crippen LogP contribution in [0.3, 0.4) is 0 Å². The number of carbonyl (C=O) groups is 2. The zero-order chi connectivity index (χ0) is 14.0. The van der Waals surface area contributed by atoms with Crippen molar-refractivity contribution in [1.82, 2.24) is 9.88 Å². The number of aromatic nitrogens is 1. The van der Waals surface area contributed by atoms with E-state index in [1.165, 1.54) is 4.57 Å². The summed E-state index contributed by atoms with van der Waals surface area (Å²) in [5.74, 6) is -2.98. The van der Waals surface area contributed by atoms with E-state index in [0.717, 1.165) is 5.56 Å². The van der Waals surface area contributed by atoms with Crippen LogP contribution in [0.25, 0.3) is 11.1 Å². The fourth-order valence-electron chi connectivity index (χ4n) is 1.73. The molecule has 0 radical (unpaired) electrons. The minimum absolute atomic E-state index is 0.202. The summed E-state index contributed by atoms with van der Waals surface area (Å²) in [6.07, 6.45) is 0.452. The van der Waals surface area contributed by atoms with E-state index >= 15 is 0 Å². The molecule has 1 aromatic heterocycles. The second-order valence-corrected chi connectivity index (χ2v) is 4.04. The highest BCUT2D eigenvalue weighted by atomic mass is 16.4. The number of carbonyl (C=O) groups excluding carboxylic acids is 1. The molecule has 0 aliphatic rings. The Labute approximate surface area is 107 Å². The summed E-state index contributed by atoms with van der Waals surface area (Å²) in [4.78, 5) is 32.4. The maximum absolute atomic E-state index is 11.3. The van der Waals surface area contributed by atoms with Crippen LogP contribution in [0.15, 0.2) is 27.4 Å². The molecule has 7 heteroatoms. The third-order valence-corrected chi connectivity index (χ3v) is 2.75. The second-order valence-electron chi connectivity index (χ2n) is 4.04. The molecule has 1 amide bonds. The SMILES string of the molecule is Cn1c(=O)oc2cc(CCNC(=O)C(=O)O)ccc21. The molecule has 0 bridgehead atoms. The molecule has 0 fully saturated rings. The molecule has 1 aromatic carbocycles. The predicted molar refractivity (Wildman–Crippen MR) is 65.8 cm³/mol. The fourth-order valence-corrected chi connectivity index (χ4v) is 1.73. The zero-order valence-corrected chi connectivity index (χ0v) is 10.2. The van der Waals surface area contributed by atoms with E-state index in [9.17, 15) is 14.4 Å². The van der Waals surface area contributed by atoms with Gasteiger partial charge in [0, 0.05) is 13.6 Å². The molecular formula is C12H12N2O5. The van der Waals surface area contributed by atoms with Crippen molar-refractivity contribution < 1.29 is 19.1 Å². The molecule has 0 spiro atoms. The summed E-state index contributed by atoms with van der Waals surface area (Å²) >= 11 is 0. The summed E-state index contributed by atoms with van der Waals surface area (Å²) in [5, 5.41) is 10.6. The Kier molecular flexibility index (Phi) is 3.37. The van der Waals surface area contributed by atoms with Crippen LogP contribution in [-0.2, 0) is 23.1 Å². The van der Waals surface area contributed by atoms with Crippen molar-refractivity contribution in [1.29, 1.82) is 0 Å². The quantitative estimate of drug-likeness (QED) is 0.752. The monoisotopic (exact) mass is 264 g/mol. The largest absolute Gasteiger partial charge is 0.474 e. The highest BCUT2D eigenvalue weighted by Crippen LogP contribution is 2.14. The van der Waals surface area contributed by atoms with Crippen LogP contribution in [0.4, 0.5) is 0 Å². The van der Waals surface area contributed by atoms with Crippen molar-refractivity contribution in [2.75, 3.05) is 6.54 Å². The summed E-state index contributed by atoms with van der Waals surface area (Å²) in [6, 6.07) is 5.24. The van der Waals surface area contributed by atoms with E-state index in [1.807, 2.05) is 0 Å². The lowest BCUT2D eigenvalue weighted by Crippen LogP contribution is -2.32. The number of benzene rings is 1. The Bertz CT molecular complexity index is 698. The van der Waals surface area contributed by atoms with Gasteiger partial charge in [-0.1, -0.05) is 6.07 Å². The fraction of sp³-hybridized carbons (Fsp3) is 0.250. The van der Waals surface area contributed by atoms with Crippen LogP contribution in [-0.4, -0.2) is 28.1 Å². The molecule has 0 saturated heterocycles. The predicted octanol–water partition coefficient (Wildman–Crippen LogP) is -0.125. The van der Waals surface area contributed by atoms with Crippen molar-refractivity contribution >= 4 is 23.0 Å². The molecule has 0 aliphatic carbocycles. The number of nitrogens with one attached hydrogen (secondary N) is 1. The number of hydrogen-bond donors (Lipinski definition) is 2. The van der Waals surface area contributed by atoms with Crippen LogP contribution in [0.1, 0.15) is 5.56 Å². The van der Waals surface area contributed by atoms with E-state index in [-0.39, 0.29) is 6.54 Å². The van der Waals surface area contributed by atoms with Gasteiger partial charge >= 0.3 is 17.6 Å². The topological polar surface area (TPSA) is 102 Å². The van der Waals surface area contributed by atoms with Crippen molar-refractivity contribution in [3.8, 4) is 0 Å². The van der Waals surface area contributed by atoms with Crippen molar-refractivity contribution in [3.05, 3.63) is 34.3 Å². The first kappa shape index (κ1) is 12.9. The van der Waals surface area contributed by atoms with Crippen LogP contribution >= 0.6 is 0 Å². The maximum atomic E-state index is 11.3. The molecule has 1 heterocycles. The Morgan fingerprint density at radius 3 is 2.84 bits per heavy atom. The smallest absolute Gasteiger partial charge is 0.419 e. The molecule has 0 saturated carbocycles. The first-order valence-corrected chi connectivity index (χ1v) is 5.58. The Morgan fingerprint density at radius 1 is 1.42 bits per heavy atom. The van der Waals surface area contributed by atoms with Gasteiger partial charge in [0.05, 0.1) is 5.52 Å². The van der Waals surface area contributed by atoms with Gasteiger partial charge in [0.15, 0.2) is 5.58 Å². The zero-order valence-electron chi connectivity index (χ0n) is 10.2. The minimum Gasteiger partial charge on any atom is -0.474 e. The molecule has 2 aromatic rings. The number of carboxylic acids is 1. The molecular weight excluding hydrogens is 252 g/mol. The second kappa shape index (κ2) is 4.97. The summed E-state index contributed by atoms with van der Waals surface area (Å²) in [5.41, 5.74) is 1.99. The lowest BCUT2D eigenvalue weighted by atomic mass is 10.1. The first-order valence-electron chi connectivity index (χ1n) is 5.58. The van der Waals surface area contributed by atoms with Gasteiger partial charge < -0.3 is 14.8 Å². The standard InChI is InChI=1S/C12H12N2O5/c1-14-8-3-2-7(6-9(8)19-12(14)18)4-5-13-10(15)11(16)17/h2-3,6H,4-5H2,1H3,(H,13,15)(H,16,17). The van der Waals surface area contributed by atoms with Crippen LogP contribution in [0.2, 0.25) is 0 Å². The summed E-state index contributed by atoms with van der Waals surface area (Å²) in [7, 11) is 1.61. The van der Waals surface area contributed by atoms with Crippen molar-refractivity contribution in [2.24, 2.45) is 7.05 Å². The van der Waals surface area contributed by atoms with E-state index < -0.39 is 17.6 Å². The van der Waals surface area contributed by atoms with Gasteiger partial charge in [-0.25, -0.2) is 9.59 Å². The number of aliphatic carboxylic acids is 1. The van der Waals surface area contributed by atoms with Gasteiger partial charge in [0.1, 0.15) is 0 Å². The number of amides is 1. The number of carboxylic acid groups (broad SMARTS) is 1. The summed E-state index contributed by atoms with van der Waals surface area (Å²) < 4.78 is 6.43. The van der Waals surface area contributed by atoms with Crippen LogP contribution in [0, 0.1) is 0 Å². The third-order valence-electron chi connectivity index (χ3n) is 2.75. The lowest BCUT2D eigenvalue weighted by Gasteiger charge is -2.02. The minimum atomic E-state index is -1.51. The highest BCUT2D eigenvalue weighted by Gasteiger charge is 2.10. The van der Waals surface area contributed by atoms with Crippen molar-refractivity contribution in [2.45, 2.75) is 6.42 Å². The number of aryl methyl sites for hydroxylation is 1. The highest BCUT2D eigenvalue weighted by molar-refractivity contribution is 6.31. The first-order chi connectivity index (χ1) is 8.99. The number of hydrogen-bond acceptors (Lipinski definition) is 4. The van der Waals surface area contributed by atoms with E-state index in [2.05, 4.69) is 5.32 Å². The normalized spacial score (nSPS) is 10.6. The van der Waals surface area contributed by atoms with Gasteiger partial charge in [0.2, 0.25) is 0 Å². The molecule has 0 atom stereocenters. The average Bonchev–Trinajstić information content (AvgIpc) is 2.64. The third kappa shape index (κ3) is 2.65. The van der Waals surface area contributed by atoms with E-state index in [0.29, 0.717) is 17.5 Å². The van der Waals surface area contributed by atoms with Crippen LogP contribution in [0.5, 0.6) is 0 Å². The lowest BCUT2D eigenvalue weighted by molar-refractivity contribution is -0.150. The summed E-state index contributed by atoms with van der Waals surface area (Å²) in [6.45, 7) is 0.202. The Morgan fingerprint density at radius 2 is 2.16 bits per heavy atom. The van der Waals surface area contributed by atoms with Gasteiger partial charge in [-0.3, -0.25) is 9.36 Å². The number of fused-ring (bicyclic) bond motifs is 1. The van der Waals surface area contributed by atoms with Crippen LogP contribution < -0.4 is 11.1 Å². The number of nitrogens with zero attached hydrogens (tertiary/aromatic N) is 1. The van der Waals surface area contributed by atoms with Gasteiger partial charge in [0.25, 0.3) is 0 Å². The van der Waals surface area contributed by atoms with Gasteiger partial charge in [-0.15, -0.1) is 0 Å². The average molecular weight is 264 g/mol. The Balaban J connectivity index is 2.08. The number of rotatable bonds is 3. The van der Waals surface area contributed by atoms with Gasteiger partial charge in [-0.2, -0.15) is 0 Å². The molecule has 0 aliphatic heterocycles. The van der Waals surface area contributed by atoms with E-state index in [4.69, 9.17) is 9.52 Å². The molecule has 7 nitrogen and oxygen atoms in total. The van der Waals surface area contributed by atoms with Gasteiger partial charge in [-0.05, 0) is 24.1 Å². The molecule has 2 rings (SSSR count). The molecule has 19 heavy (non-hydrogen) atoms. The number of oxazole rings is 1. The van der Waals surface area contributed by atoms with Crippen molar-refractivity contribution in [3.63, 3.8) is 0 Å².